The molecule has 2 aromatic heterocycles. The summed E-state index contributed by atoms with van der Waals surface area (Å²) >= 11 is 1.38. The number of thiazole rings is 1. The Morgan fingerprint density at radius 3 is 2.65 bits per heavy atom. The molecular formula is C17H18N4O4S. The number of rotatable bonds is 5. The highest BCUT2D eigenvalue weighted by atomic mass is 32.1. The maximum absolute atomic E-state index is 12.6. The number of hydrogen-bond donors (Lipinski definition) is 1. The zero-order valence-corrected chi connectivity index (χ0v) is 15.6. The molecule has 0 fully saturated rings. The minimum absolute atomic E-state index is 0.178. The molecule has 1 N–H and O–H groups in total. The van der Waals surface area contributed by atoms with Crippen LogP contribution in [0.2, 0.25) is 0 Å². The highest BCUT2D eigenvalue weighted by molar-refractivity contribution is 7.19. The van der Waals surface area contributed by atoms with E-state index < -0.39 is 5.56 Å². The van der Waals surface area contributed by atoms with Crippen molar-refractivity contribution < 1.29 is 14.3 Å². The van der Waals surface area contributed by atoms with Crippen molar-refractivity contribution >= 4 is 27.5 Å². The normalized spacial score (nSPS) is 10.8. The minimum atomic E-state index is -0.392. The fourth-order valence-electron chi connectivity index (χ4n) is 2.56. The Balaban J connectivity index is 2.26. The van der Waals surface area contributed by atoms with Crippen LogP contribution in [0, 0.1) is 6.92 Å². The predicted molar refractivity (Wildman–Crippen MR) is 99.0 cm³/mol. The Labute approximate surface area is 153 Å². The monoisotopic (exact) mass is 374 g/mol. The first-order valence-electron chi connectivity index (χ1n) is 7.79. The number of amides is 1. The molecule has 3 aromatic rings. The van der Waals surface area contributed by atoms with E-state index in [4.69, 9.17) is 9.47 Å². The Morgan fingerprint density at radius 2 is 2.00 bits per heavy atom. The molecule has 0 radical (unpaired) electrons. The maximum Gasteiger partial charge on any atom is 0.294 e. The molecule has 0 bridgehead atoms. The van der Waals surface area contributed by atoms with Crippen molar-refractivity contribution in [2.75, 3.05) is 21.3 Å². The van der Waals surface area contributed by atoms with Crippen molar-refractivity contribution in [2.24, 2.45) is 0 Å². The van der Waals surface area contributed by atoms with Gasteiger partial charge in [-0.3, -0.25) is 9.59 Å². The number of likely N-dealkylation sites (N-methyl/N-ethyl adjacent to an activating group) is 1. The van der Waals surface area contributed by atoms with Crippen LogP contribution in [0.25, 0.3) is 21.5 Å². The third-order valence-corrected chi connectivity index (χ3v) is 4.81. The minimum Gasteiger partial charge on any atom is -0.493 e. The summed E-state index contributed by atoms with van der Waals surface area (Å²) in [6.45, 7) is 1.65. The van der Waals surface area contributed by atoms with Gasteiger partial charge in [0.2, 0.25) is 5.91 Å². The molecule has 0 saturated heterocycles. The largest absolute Gasteiger partial charge is 0.493 e. The zero-order chi connectivity index (χ0) is 18.8. The molecule has 0 atom stereocenters. The first kappa shape index (κ1) is 17.9. The van der Waals surface area contributed by atoms with Crippen LogP contribution in [0.5, 0.6) is 11.5 Å². The summed E-state index contributed by atoms with van der Waals surface area (Å²) in [5.74, 6) is 0.820. The highest BCUT2D eigenvalue weighted by Gasteiger charge is 2.18. The molecular weight excluding hydrogens is 356 g/mol. The summed E-state index contributed by atoms with van der Waals surface area (Å²) in [7, 11) is 4.62. The number of hydrogen-bond acceptors (Lipinski definition) is 7. The van der Waals surface area contributed by atoms with E-state index in [0.717, 1.165) is 15.3 Å². The lowest BCUT2D eigenvalue weighted by Crippen LogP contribution is -2.32. The van der Waals surface area contributed by atoms with Crippen molar-refractivity contribution in [3.63, 3.8) is 0 Å². The average molecular weight is 374 g/mol. The van der Waals surface area contributed by atoms with Gasteiger partial charge in [-0.1, -0.05) is 0 Å². The topological polar surface area (TPSA) is 95.3 Å². The van der Waals surface area contributed by atoms with E-state index in [2.05, 4.69) is 15.4 Å². The van der Waals surface area contributed by atoms with Crippen molar-refractivity contribution in [1.82, 2.24) is 20.1 Å². The summed E-state index contributed by atoms with van der Waals surface area (Å²) in [6.07, 6.45) is 0. The molecule has 1 aromatic carbocycles. The third kappa shape index (κ3) is 3.13. The van der Waals surface area contributed by atoms with E-state index in [1.807, 2.05) is 13.0 Å². The Hall–Kier alpha value is -2.94. The predicted octanol–water partition coefficient (Wildman–Crippen LogP) is 1.59. The van der Waals surface area contributed by atoms with Gasteiger partial charge in [0.25, 0.3) is 5.56 Å². The molecule has 8 nitrogen and oxygen atoms in total. The van der Waals surface area contributed by atoms with Crippen LogP contribution in [-0.2, 0) is 11.3 Å². The first-order chi connectivity index (χ1) is 12.5. The molecule has 3 rings (SSSR count). The van der Waals surface area contributed by atoms with Gasteiger partial charge in [-0.25, -0.2) is 9.67 Å². The van der Waals surface area contributed by atoms with Crippen LogP contribution >= 0.6 is 11.3 Å². The number of nitrogens with zero attached hydrogens (tertiary/aromatic N) is 3. The summed E-state index contributed by atoms with van der Waals surface area (Å²) in [5, 5.41) is 7.66. The van der Waals surface area contributed by atoms with E-state index in [1.165, 1.54) is 18.4 Å². The lowest BCUT2D eigenvalue weighted by Gasteiger charge is -2.11. The van der Waals surface area contributed by atoms with Crippen LogP contribution in [-0.4, -0.2) is 41.9 Å². The average Bonchev–Trinajstić information content (AvgIpc) is 3.05. The number of ether oxygens (including phenoxy) is 2. The maximum atomic E-state index is 12.6. The third-order valence-electron chi connectivity index (χ3n) is 3.84. The van der Waals surface area contributed by atoms with Gasteiger partial charge in [-0.15, -0.1) is 11.3 Å². The van der Waals surface area contributed by atoms with Crippen molar-refractivity contribution in [3.8, 4) is 22.8 Å². The van der Waals surface area contributed by atoms with Crippen LogP contribution in [0.1, 0.15) is 5.01 Å². The van der Waals surface area contributed by atoms with Gasteiger partial charge in [0.15, 0.2) is 17.0 Å². The zero-order valence-electron chi connectivity index (χ0n) is 14.8. The molecule has 0 saturated carbocycles. The smallest absolute Gasteiger partial charge is 0.294 e. The van der Waals surface area contributed by atoms with E-state index in [9.17, 15) is 9.59 Å². The van der Waals surface area contributed by atoms with Crippen LogP contribution < -0.4 is 20.3 Å². The van der Waals surface area contributed by atoms with Crippen LogP contribution in [0.4, 0.5) is 0 Å². The molecule has 0 aliphatic heterocycles. The summed E-state index contributed by atoms with van der Waals surface area (Å²) in [5.41, 5.74) is 1.21. The van der Waals surface area contributed by atoms with Gasteiger partial charge in [0.1, 0.15) is 12.2 Å². The van der Waals surface area contributed by atoms with Gasteiger partial charge < -0.3 is 14.8 Å². The number of carbonyl (C=O) groups is 1. The molecule has 0 spiro atoms. The molecule has 26 heavy (non-hydrogen) atoms. The molecule has 2 heterocycles. The van der Waals surface area contributed by atoms with Crippen LogP contribution in [0.15, 0.2) is 23.0 Å². The summed E-state index contributed by atoms with van der Waals surface area (Å²) < 4.78 is 12.4. The van der Waals surface area contributed by atoms with Crippen molar-refractivity contribution in [2.45, 2.75) is 13.5 Å². The van der Waals surface area contributed by atoms with E-state index >= 15 is 0 Å². The van der Waals surface area contributed by atoms with Gasteiger partial charge in [0.05, 0.1) is 23.9 Å². The number of fused-ring (bicyclic) bond motifs is 1. The Bertz CT molecular complexity index is 1040. The van der Waals surface area contributed by atoms with Gasteiger partial charge in [-0.2, -0.15) is 5.10 Å². The Kier molecular flexibility index (Phi) is 4.90. The van der Waals surface area contributed by atoms with Gasteiger partial charge in [-0.05, 0) is 25.1 Å². The first-order valence-corrected chi connectivity index (χ1v) is 8.61. The highest BCUT2D eigenvalue weighted by Crippen LogP contribution is 2.35. The fourth-order valence-corrected chi connectivity index (χ4v) is 3.48. The number of carbonyl (C=O) groups excluding carboxylic acids is 1. The van der Waals surface area contributed by atoms with Crippen LogP contribution in [0.3, 0.4) is 0 Å². The standard InChI is InChI=1S/C17H18N4O4S/c1-9-19-15-16(26-9)14(20-21(17(15)23)8-13(22)18-2)10-5-6-11(24-3)12(7-10)25-4/h5-7H,8H2,1-4H3,(H,18,22). The number of nitrogens with one attached hydrogen (secondary N) is 1. The van der Waals surface area contributed by atoms with Gasteiger partial charge >= 0.3 is 0 Å². The molecule has 0 unspecified atom stereocenters. The number of benzene rings is 1. The van der Waals surface area contributed by atoms with E-state index in [-0.39, 0.29) is 12.5 Å². The second-order valence-electron chi connectivity index (χ2n) is 5.46. The number of aromatic nitrogens is 3. The molecule has 9 heteroatoms. The van der Waals surface area contributed by atoms with Crippen molar-refractivity contribution in [1.29, 1.82) is 0 Å². The van der Waals surface area contributed by atoms with E-state index in [0.29, 0.717) is 27.4 Å². The quantitative estimate of drug-likeness (QED) is 0.729. The summed E-state index contributed by atoms with van der Waals surface area (Å²) in [4.78, 5) is 28.7. The summed E-state index contributed by atoms with van der Waals surface area (Å²) in [6, 6.07) is 5.38. The fraction of sp³-hybridized carbons (Fsp3) is 0.294. The lowest BCUT2D eigenvalue weighted by molar-refractivity contribution is -0.121. The second kappa shape index (κ2) is 7.12. The molecule has 1 amide bonds. The van der Waals surface area contributed by atoms with Gasteiger partial charge in [0, 0.05) is 12.6 Å². The lowest BCUT2D eigenvalue weighted by atomic mass is 10.1. The molecule has 136 valence electrons. The SMILES string of the molecule is CNC(=O)Cn1nc(-c2ccc(OC)c(OC)c2)c2sc(C)nc2c1=O. The Morgan fingerprint density at radius 1 is 1.27 bits per heavy atom. The van der Waals surface area contributed by atoms with E-state index in [1.54, 1.807) is 26.4 Å². The molecule has 0 aliphatic carbocycles. The second-order valence-corrected chi connectivity index (χ2v) is 6.67. The number of methoxy groups -OCH3 is 2. The van der Waals surface area contributed by atoms with Crippen molar-refractivity contribution in [3.05, 3.63) is 33.6 Å². The molecule has 0 aliphatic rings. The number of aryl methyl sites for hydroxylation is 1.